The van der Waals surface area contributed by atoms with Crippen molar-refractivity contribution < 1.29 is 9.53 Å². The lowest BCUT2D eigenvalue weighted by Gasteiger charge is -2.42. The number of ether oxygens (including phenoxy) is 1. The number of nitrogens with zero attached hydrogens (tertiary/aromatic N) is 6. The number of carbonyl (C=O) groups is 1. The molecule has 40 heavy (non-hydrogen) atoms. The molecule has 0 N–H and O–H groups in total. The van der Waals surface area contributed by atoms with Crippen LogP contribution in [-0.4, -0.2) is 77.6 Å². The van der Waals surface area contributed by atoms with Gasteiger partial charge in [-0.25, -0.2) is 0 Å². The maximum atomic E-state index is 12.5. The molecule has 1 aromatic heterocycles. The third kappa shape index (κ3) is 5.24. The smallest absolute Gasteiger partial charge is 0.318 e. The lowest BCUT2D eigenvalue weighted by Crippen LogP contribution is -2.55. The van der Waals surface area contributed by atoms with Gasteiger partial charge in [0.15, 0.2) is 0 Å². The summed E-state index contributed by atoms with van der Waals surface area (Å²) >= 11 is 3.65. The van der Waals surface area contributed by atoms with Gasteiger partial charge in [0.2, 0.25) is 5.91 Å². The van der Waals surface area contributed by atoms with Crippen molar-refractivity contribution in [1.82, 2.24) is 19.8 Å². The number of likely N-dealkylation sites (N-methyl/N-ethyl adjacent to an activating group) is 1. The van der Waals surface area contributed by atoms with Crippen LogP contribution in [0.5, 0.6) is 6.01 Å². The van der Waals surface area contributed by atoms with E-state index in [1.54, 1.807) is 4.90 Å². The lowest BCUT2D eigenvalue weighted by atomic mass is 9.71. The highest BCUT2D eigenvalue weighted by molar-refractivity contribution is 9.10. The number of anilines is 1. The fourth-order valence-electron chi connectivity index (χ4n) is 7.26. The van der Waals surface area contributed by atoms with Crippen molar-refractivity contribution in [3.05, 3.63) is 57.7 Å². The van der Waals surface area contributed by atoms with Crippen LogP contribution in [0, 0.1) is 16.7 Å². The van der Waals surface area contributed by atoms with Crippen LogP contribution in [0.2, 0.25) is 0 Å². The van der Waals surface area contributed by atoms with Crippen molar-refractivity contribution in [3.63, 3.8) is 0 Å². The first kappa shape index (κ1) is 27.2. The molecule has 1 spiro atoms. The van der Waals surface area contributed by atoms with E-state index in [1.165, 1.54) is 29.2 Å². The maximum Gasteiger partial charge on any atom is 0.318 e. The third-order valence-electron chi connectivity index (χ3n) is 9.44. The zero-order chi connectivity index (χ0) is 27.9. The Morgan fingerprint density at radius 3 is 2.85 bits per heavy atom. The Morgan fingerprint density at radius 1 is 1.23 bits per heavy atom. The first-order valence-electron chi connectivity index (χ1n) is 14.4. The Morgan fingerprint density at radius 2 is 2.08 bits per heavy atom. The van der Waals surface area contributed by atoms with Gasteiger partial charge in [-0.15, -0.1) is 0 Å². The molecule has 2 fully saturated rings. The molecule has 2 aliphatic heterocycles. The number of aromatic nitrogens is 2. The molecule has 4 aliphatic rings. The van der Waals surface area contributed by atoms with E-state index in [0.29, 0.717) is 38.3 Å². The second-order valence-electron chi connectivity index (χ2n) is 12.0. The van der Waals surface area contributed by atoms with E-state index in [4.69, 9.17) is 14.7 Å². The summed E-state index contributed by atoms with van der Waals surface area (Å²) in [5.41, 5.74) is 5.36. The minimum atomic E-state index is -0.205. The van der Waals surface area contributed by atoms with E-state index in [1.807, 2.05) is 0 Å². The molecule has 1 aromatic carbocycles. The summed E-state index contributed by atoms with van der Waals surface area (Å²) in [6.07, 6.45) is 8.98. The SMILES string of the molecule is C=CC(=O)N1CCN(c2nc(OC[C@@H]3CCCN3C)nc3c2CCC2(Cc4ccc(Br)cc4C2)C3)C[C@@H]1CC#N. The molecule has 2 saturated heterocycles. The number of hydrogen-bond acceptors (Lipinski definition) is 7. The van der Waals surface area contributed by atoms with E-state index < -0.39 is 0 Å². The fraction of sp³-hybridized carbons (Fsp3) is 0.548. The summed E-state index contributed by atoms with van der Waals surface area (Å²) in [6, 6.07) is 9.59. The number of likely N-dealkylation sites (tertiary alicyclic amines) is 1. The number of fused-ring (bicyclic) bond motifs is 2. The predicted octanol–water partition coefficient (Wildman–Crippen LogP) is 4.10. The number of piperazine rings is 1. The normalized spacial score (nSPS) is 25.9. The summed E-state index contributed by atoms with van der Waals surface area (Å²) in [4.78, 5) is 28.9. The zero-order valence-corrected chi connectivity index (χ0v) is 24.8. The Kier molecular flexibility index (Phi) is 7.58. The number of hydrogen-bond donors (Lipinski definition) is 0. The van der Waals surface area contributed by atoms with E-state index in [-0.39, 0.29) is 23.8 Å². The van der Waals surface area contributed by atoms with Gasteiger partial charge < -0.3 is 19.4 Å². The number of carbonyl (C=O) groups excluding carboxylic acids is 1. The van der Waals surface area contributed by atoms with Crippen LogP contribution in [-0.2, 0) is 30.5 Å². The first-order valence-corrected chi connectivity index (χ1v) is 15.2. The third-order valence-corrected chi connectivity index (χ3v) is 9.93. The number of nitriles is 1. The van der Waals surface area contributed by atoms with Crippen molar-refractivity contribution in [2.75, 3.05) is 44.7 Å². The molecule has 2 aromatic rings. The Balaban J connectivity index is 1.31. The standard InChI is InChI=1S/C31H37BrN6O2/c1-3-28(39)38-14-13-37(19-24(38)9-11-33)29-26-8-10-31(16-21-6-7-23(32)15-22(21)17-31)18-27(26)34-30(35-29)40-20-25-5-4-12-36(25)2/h3,6-7,15,24-25H,1,4-5,8-10,12-14,16-20H2,2H3/t24-,25-,31?/m0/s1. The molecule has 9 heteroatoms. The lowest BCUT2D eigenvalue weighted by molar-refractivity contribution is -0.128. The molecule has 3 atom stereocenters. The molecule has 210 valence electrons. The van der Waals surface area contributed by atoms with Crippen molar-refractivity contribution >= 4 is 27.7 Å². The number of rotatable bonds is 6. The summed E-state index contributed by atoms with van der Waals surface area (Å²) in [5.74, 6) is 0.797. The summed E-state index contributed by atoms with van der Waals surface area (Å²) in [7, 11) is 2.15. The average Bonchev–Trinajstić information content (AvgIpc) is 3.52. The van der Waals surface area contributed by atoms with Crippen LogP contribution >= 0.6 is 15.9 Å². The second-order valence-corrected chi connectivity index (χ2v) is 12.9. The van der Waals surface area contributed by atoms with E-state index in [0.717, 1.165) is 61.1 Å². The fourth-order valence-corrected chi connectivity index (χ4v) is 7.67. The summed E-state index contributed by atoms with van der Waals surface area (Å²) in [5, 5.41) is 9.50. The van der Waals surface area contributed by atoms with E-state index >= 15 is 0 Å². The van der Waals surface area contributed by atoms with Gasteiger partial charge >= 0.3 is 6.01 Å². The molecule has 1 unspecified atom stereocenters. The number of benzene rings is 1. The Labute approximate surface area is 245 Å². The molecule has 3 heterocycles. The molecule has 1 amide bonds. The maximum absolute atomic E-state index is 12.5. The zero-order valence-electron chi connectivity index (χ0n) is 23.2. The Bertz CT molecular complexity index is 1360. The van der Waals surface area contributed by atoms with Crippen molar-refractivity contribution in [1.29, 1.82) is 5.26 Å². The van der Waals surface area contributed by atoms with Crippen LogP contribution < -0.4 is 9.64 Å². The van der Waals surface area contributed by atoms with Crippen LogP contribution in [0.4, 0.5) is 5.82 Å². The quantitative estimate of drug-likeness (QED) is 0.459. The molecule has 6 rings (SSSR count). The monoisotopic (exact) mass is 604 g/mol. The topological polar surface area (TPSA) is 85.6 Å². The highest BCUT2D eigenvalue weighted by atomic mass is 79.9. The van der Waals surface area contributed by atoms with Crippen LogP contribution in [0.1, 0.15) is 48.1 Å². The van der Waals surface area contributed by atoms with Gasteiger partial charge in [0.1, 0.15) is 12.4 Å². The van der Waals surface area contributed by atoms with Gasteiger partial charge in [-0.2, -0.15) is 15.2 Å². The Hall–Kier alpha value is -2.96. The molecule has 0 bridgehead atoms. The molecule has 2 aliphatic carbocycles. The van der Waals surface area contributed by atoms with Gasteiger partial charge in [0.25, 0.3) is 0 Å². The average molecular weight is 606 g/mol. The highest BCUT2D eigenvalue weighted by Gasteiger charge is 2.42. The minimum absolute atomic E-state index is 0.122. The molecule has 8 nitrogen and oxygen atoms in total. The summed E-state index contributed by atoms with van der Waals surface area (Å²) < 4.78 is 7.45. The summed E-state index contributed by atoms with van der Waals surface area (Å²) in [6.45, 7) is 7.08. The van der Waals surface area contributed by atoms with Gasteiger partial charge in [0.05, 0.1) is 24.2 Å². The van der Waals surface area contributed by atoms with Crippen molar-refractivity contribution in [2.24, 2.45) is 5.41 Å². The first-order chi connectivity index (χ1) is 19.4. The molecule has 0 saturated carbocycles. The van der Waals surface area contributed by atoms with Crippen molar-refractivity contribution in [2.45, 2.75) is 63.5 Å². The number of amides is 1. The number of halogens is 1. The highest BCUT2D eigenvalue weighted by Crippen LogP contribution is 2.48. The van der Waals surface area contributed by atoms with Crippen LogP contribution in [0.15, 0.2) is 35.3 Å². The molecular weight excluding hydrogens is 568 g/mol. The minimum Gasteiger partial charge on any atom is -0.462 e. The van der Waals surface area contributed by atoms with Crippen LogP contribution in [0.25, 0.3) is 0 Å². The predicted molar refractivity (Wildman–Crippen MR) is 157 cm³/mol. The van der Waals surface area contributed by atoms with Crippen LogP contribution in [0.3, 0.4) is 0 Å². The van der Waals surface area contributed by atoms with Gasteiger partial charge in [-0.1, -0.05) is 28.6 Å². The van der Waals surface area contributed by atoms with Gasteiger partial charge in [-0.3, -0.25) is 4.79 Å². The van der Waals surface area contributed by atoms with E-state index in [9.17, 15) is 10.1 Å². The second kappa shape index (κ2) is 11.1. The van der Waals surface area contributed by atoms with E-state index in [2.05, 4.69) is 63.6 Å². The molecule has 0 radical (unpaired) electrons. The van der Waals surface area contributed by atoms with Gasteiger partial charge in [-0.05, 0) is 93.3 Å². The van der Waals surface area contributed by atoms with Crippen molar-refractivity contribution in [3.8, 4) is 12.1 Å². The molecular formula is C31H37BrN6O2. The largest absolute Gasteiger partial charge is 0.462 e. The van der Waals surface area contributed by atoms with Gasteiger partial charge in [0, 0.05) is 35.7 Å².